The van der Waals surface area contributed by atoms with Gasteiger partial charge in [-0.1, -0.05) is 31.2 Å². The molecule has 178 valence electrons. The first-order valence-electron chi connectivity index (χ1n) is 10.8. The molecule has 2 rings (SSSR count). The van der Waals surface area contributed by atoms with Crippen LogP contribution in [0.4, 0.5) is 0 Å². The maximum absolute atomic E-state index is 11.6. The molecule has 0 bridgehead atoms. The highest BCUT2D eigenvalue weighted by molar-refractivity contribution is 14.0. The fourth-order valence-corrected chi connectivity index (χ4v) is 3.57. The first-order valence-corrected chi connectivity index (χ1v) is 12.7. The molecule has 0 saturated carbocycles. The number of guanidine groups is 1. The number of nitrogens with one attached hydrogen (secondary N) is 2. The highest BCUT2D eigenvalue weighted by Crippen LogP contribution is 2.23. The summed E-state index contributed by atoms with van der Waals surface area (Å²) in [6.07, 6.45) is 3.09. The van der Waals surface area contributed by atoms with Crippen LogP contribution in [0.1, 0.15) is 43.9 Å². The molecule has 2 aromatic rings. The van der Waals surface area contributed by atoms with E-state index in [4.69, 9.17) is 9.73 Å². The smallest absolute Gasteiger partial charge is 0.191 e. The molecule has 1 atom stereocenters. The molecular weight excluding hydrogens is 537 g/mol. The van der Waals surface area contributed by atoms with Crippen molar-refractivity contribution in [2.24, 2.45) is 4.99 Å². The third-order valence-electron chi connectivity index (χ3n) is 4.94. The second kappa shape index (κ2) is 13.7. The number of nitrogens with zero attached hydrogens (tertiary/aromatic N) is 1. The third kappa shape index (κ3) is 9.36. The average molecular weight is 574 g/mol. The second-order valence-electron chi connectivity index (χ2n) is 7.74. The third-order valence-corrected chi connectivity index (χ3v) is 6.06. The molecule has 2 aromatic carbocycles. The van der Waals surface area contributed by atoms with Gasteiger partial charge in [-0.05, 0) is 62.9 Å². The highest BCUT2D eigenvalue weighted by atomic mass is 127. The van der Waals surface area contributed by atoms with Crippen LogP contribution in [-0.4, -0.2) is 39.8 Å². The lowest BCUT2D eigenvalue weighted by Gasteiger charge is -2.17. The Hall–Kier alpha value is -1.81. The number of halogens is 1. The Balaban J connectivity index is 0.00000512. The fraction of sp³-hybridized carbons (Fsp3) is 0.458. The van der Waals surface area contributed by atoms with E-state index in [0.29, 0.717) is 18.0 Å². The van der Waals surface area contributed by atoms with E-state index in [1.165, 1.54) is 6.26 Å². The van der Waals surface area contributed by atoms with Gasteiger partial charge in [0, 0.05) is 24.9 Å². The normalized spacial score (nSPS) is 12.6. The lowest BCUT2D eigenvalue weighted by Crippen LogP contribution is -2.38. The fourth-order valence-electron chi connectivity index (χ4n) is 2.94. The van der Waals surface area contributed by atoms with Crippen molar-refractivity contribution in [2.75, 3.05) is 19.3 Å². The summed E-state index contributed by atoms with van der Waals surface area (Å²) in [7, 11) is -3.17. The quantitative estimate of drug-likeness (QED) is 0.249. The predicted molar refractivity (Wildman–Crippen MR) is 143 cm³/mol. The molecular formula is C24H36IN3O3S. The van der Waals surface area contributed by atoms with Gasteiger partial charge in [0.05, 0.1) is 17.5 Å². The van der Waals surface area contributed by atoms with Crippen molar-refractivity contribution >= 4 is 39.8 Å². The summed E-state index contributed by atoms with van der Waals surface area (Å²) in [5.41, 5.74) is 3.29. The molecule has 0 radical (unpaired) electrons. The maximum Gasteiger partial charge on any atom is 0.191 e. The summed E-state index contributed by atoms with van der Waals surface area (Å²) in [5, 5.41) is 6.62. The zero-order valence-corrected chi connectivity index (χ0v) is 22.8. The van der Waals surface area contributed by atoms with Crippen molar-refractivity contribution in [1.29, 1.82) is 0 Å². The molecule has 0 aromatic heterocycles. The predicted octanol–water partition coefficient (Wildman–Crippen LogP) is 4.49. The molecule has 0 amide bonds. The molecule has 32 heavy (non-hydrogen) atoms. The summed E-state index contributed by atoms with van der Waals surface area (Å²) in [4.78, 5) is 5.06. The van der Waals surface area contributed by atoms with E-state index in [1.807, 2.05) is 19.1 Å². The van der Waals surface area contributed by atoms with E-state index in [-0.39, 0.29) is 30.1 Å². The summed E-state index contributed by atoms with van der Waals surface area (Å²) < 4.78 is 29.3. The van der Waals surface area contributed by atoms with Crippen molar-refractivity contribution in [2.45, 2.75) is 58.1 Å². The van der Waals surface area contributed by atoms with Crippen LogP contribution < -0.4 is 15.4 Å². The Morgan fingerprint density at radius 1 is 1.09 bits per heavy atom. The van der Waals surface area contributed by atoms with Crippen LogP contribution in [0, 0.1) is 6.92 Å². The lowest BCUT2D eigenvalue weighted by atomic mass is 10.1. The number of hydrogen-bond donors (Lipinski definition) is 2. The van der Waals surface area contributed by atoms with Gasteiger partial charge in [-0.15, -0.1) is 24.0 Å². The molecule has 2 N–H and O–H groups in total. The molecule has 0 spiro atoms. The van der Waals surface area contributed by atoms with E-state index in [9.17, 15) is 8.42 Å². The van der Waals surface area contributed by atoms with Gasteiger partial charge in [-0.3, -0.25) is 0 Å². The maximum atomic E-state index is 11.6. The molecule has 0 fully saturated rings. The van der Waals surface area contributed by atoms with Crippen molar-refractivity contribution in [3.8, 4) is 5.75 Å². The second-order valence-corrected chi connectivity index (χ2v) is 9.75. The highest BCUT2D eigenvalue weighted by Gasteiger charge is 2.09. The minimum atomic E-state index is -3.17. The molecule has 8 heteroatoms. The SMILES string of the molecule is CCNC(=NCc1ccc(C)cc1OC(C)CC)NCCc1ccc(S(C)(=O)=O)cc1.I. The molecule has 6 nitrogen and oxygen atoms in total. The van der Waals surface area contributed by atoms with E-state index >= 15 is 0 Å². The van der Waals surface area contributed by atoms with Crippen LogP contribution in [0.25, 0.3) is 0 Å². The molecule has 0 aliphatic heterocycles. The van der Waals surface area contributed by atoms with Crippen LogP contribution in [-0.2, 0) is 22.8 Å². The number of ether oxygens (including phenoxy) is 1. The Morgan fingerprint density at radius 3 is 2.38 bits per heavy atom. The van der Waals surface area contributed by atoms with Crippen molar-refractivity contribution in [1.82, 2.24) is 10.6 Å². The number of aryl methyl sites for hydroxylation is 1. The minimum Gasteiger partial charge on any atom is -0.490 e. The van der Waals surface area contributed by atoms with Crippen LogP contribution in [0.15, 0.2) is 52.4 Å². The molecule has 0 saturated heterocycles. The zero-order chi connectivity index (χ0) is 22.9. The van der Waals surface area contributed by atoms with Gasteiger partial charge >= 0.3 is 0 Å². The first-order chi connectivity index (χ1) is 14.7. The minimum absolute atomic E-state index is 0. The summed E-state index contributed by atoms with van der Waals surface area (Å²) in [6, 6.07) is 13.2. The van der Waals surface area contributed by atoms with Gasteiger partial charge in [-0.25, -0.2) is 13.4 Å². The summed E-state index contributed by atoms with van der Waals surface area (Å²) in [6.45, 7) is 10.2. The molecule has 0 heterocycles. The van der Waals surface area contributed by atoms with Gasteiger partial charge < -0.3 is 15.4 Å². The number of hydrogen-bond acceptors (Lipinski definition) is 4. The van der Waals surface area contributed by atoms with Crippen LogP contribution >= 0.6 is 24.0 Å². The number of aliphatic imine (C=N–C) groups is 1. The lowest BCUT2D eigenvalue weighted by molar-refractivity contribution is 0.215. The van der Waals surface area contributed by atoms with Crippen molar-refractivity contribution < 1.29 is 13.2 Å². The van der Waals surface area contributed by atoms with Gasteiger partial charge in [0.1, 0.15) is 5.75 Å². The monoisotopic (exact) mass is 573 g/mol. The van der Waals surface area contributed by atoms with Gasteiger partial charge in [0.25, 0.3) is 0 Å². The zero-order valence-electron chi connectivity index (χ0n) is 19.6. The number of rotatable bonds is 10. The Kier molecular flexibility index (Phi) is 12.1. The Bertz CT molecular complexity index is 976. The van der Waals surface area contributed by atoms with Crippen molar-refractivity contribution in [3.05, 3.63) is 59.2 Å². The first kappa shape index (κ1) is 28.2. The van der Waals surface area contributed by atoms with Crippen LogP contribution in [0.2, 0.25) is 0 Å². The average Bonchev–Trinajstić information content (AvgIpc) is 2.72. The van der Waals surface area contributed by atoms with Gasteiger partial charge in [0.15, 0.2) is 15.8 Å². The van der Waals surface area contributed by atoms with Gasteiger partial charge in [0.2, 0.25) is 0 Å². The Morgan fingerprint density at radius 2 is 1.78 bits per heavy atom. The van der Waals surface area contributed by atoms with E-state index in [1.54, 1.807) is 12.1 Å². The van der Waals surface area contributed by atoms with Crippen molar-refractivity contribution in [3.63, 3.8) is 0 Å². The van der Waals surface area contributed by atoms with Gasteiger partial charge in [-0.2, -0.15) is 0 Å². The number of sulfone groups is 1. The topological polar surface area (TPSA) is 79.8 Å². The Labute approximate surface area is 210 Å². The summed E-state index contributed by atoms with van der Waals surface area (Å²) in [5.74, 6) is 1.63. The molecule has 0 aliphatic rings. The van der Waals surface area contributed by atoms with E-state index in [0.717, 1.165) is 47.8 Å². The molecule has 0 aliphatic carbocycles. The summed E-state index contributed by atoms with van der Waals surface area (Å²) >= 11 is 0. The van der Waals surface area contributed by atoms with Crippen LogP contribution in [0.5, 0.6) is 5.75 Å². The molecule has 1 unspecified atom stereocenters. The van der Waals surface area contributed by atoms with E-state index < -0.39 is 9.84 Å². The number of benzene rings is 2. The standard InChI is InChI=1S/C24H35N3O3S.HI/c1-6-19(4)30-23-16-18(3)8-11-21(23)17-27-24(25-7-2)26-15-14-20-9-12-22(13-10-20)31(5,28)29;/h8-13,16,19H,6-7,14-15,17H2,1-5H3,(H2,25,26,27);1H. The van der Waals surface area contributed by atoms with Crippen LogP contribution in [0.3, 0.4) is 0 Å². The largest absolute Gasteiger partial charge is 0.490 e. The van der Waals surface area contributed by atoms with E-state index in [2.05, 4.69) is 49.6 Å².